The van der Waals surface area contributed by atoms with Crippen molar-refractivity contribution in [3.05, 3.63) is 48.5 Å². The standard InChI is InChI=1S/C28H38N2O8S2/c31-27(21-37-23-5-1-3-7-25(23)39)29-9-13-33-17-19-35-15-11-30(12-16-36-20-18-34-14-10-29)28(32)22-38-24-6-2-4-8-26(24)40/h1-8,39-40H,9-22H2. The van der Waals surface area contributed by atoms with Gasteiger partial charge in [0.25, 0.3) is 11.8 Å². The number of hydrogen-bond acceptors (Lipinski definition) is 10. The van der Waals surface area contributed by atoms with Crippen LogP contribution in [0.3, 0.4) is 0 Å². The maximum atomic E-state index is 12.8. The van der Waals surface area contributed by atoms with Gasteiger partial charge in [-0.05, 0) is 24.3 Å². The first-order valence-corrected chi connectivity index (χ1v) is 14.1. The number of para-hydroxylation sites is 2. The van der Waals surface area contributed by atoms with Crippen molar-refractivity contribution in [3.63, 3.8) is 0 Å². The van der Waals surface area contributed by atoms with E-state index in [0.717, 1.165) is 0 Å². The summed E-state index contributed by atoms with van der Waals surface area (Å²) in [7, 11) is 0. The maximum Gasteiger partial charge on any atom is 0.260 e. The fourth-order valence-electron chi connectivity index (χ4n) is 3.69. The van der Waals surface area contributed by atoms with Crippen LogP contribution in [-0.2, 0) is 28.5 Å². The molecule has 3 rings (SSSR count). The van der Waals surface area contributed by atoms with Gasteiger partial charge in [0.2, 0.25) is 0 Å². The Morgan fingerprint density at radius 1 is 0.575 bits per heavy atom. The summed E-state index contributed by atoms with van der Waals surface area (Å²) in [5, 5.41) is 0. The summed E-state index contributed by atoms with van der Waals surface area (Å²) in [6, 6.07) is 14.5. The number of rotatable bonds is 6. The quantitative estimate of drug-likeness (QED) is 0.493. The van der Waals surface area contributed by atoms with Crippen LogP contribution in [-0.4, -0.2) is 114 Å². The average Bonchev–Trinajstić information content (AvgIpc) is 2.96. The average molecular weight is 595 g/mol. The Kier molecular flexibility index (Phi) is 15.1. The lowest BCUT2D eigenvalue weighted by atomic mass is 10.3. The van der Waals surface area contributed by atoms with Gasteiger partial charge in [0, 0.05) is 36.0 Å². The van der Waals surface area contributed by atoms with E-state index in [2.05, 4.69) is 25.3 Å². The molecule has 1 fully saturated rings. The van der Waals surface area contributed by atoms with Gasteiger partial charge in [-0.25, -0.2) is 0 Å². The number of benzene rings is 2. The number of ether oxygens (including phenoxy) is 6. The van der Waals surface area contributed by atoms with Gasteiger partial charge >= 0.3 is 0 Å². The van der Waals surface area contributed by atoms with E-state index in [0.29, 0.717) is 100 Å². The molecular weight excluding hydrogens is 556 g/mol. The number of carbonyl (C=O) groups excluding carboxylic acids is 2. The number of amides is 2. The normalized spacial score (nSPS) is 16.9. The third-order valence-electron chi connectivity index (χ3n) is 5.90. The highest BCUT2D eigenvalue weighted by Crippen LogP contribution is 2.22. The van der Waals surface area contributed by atoms with E-state index >= 15 is 0 Å². The molecule has 2 aromatic rings. The molecule has 1 aliphatic heterocycles. The molecule has 0 atom stereocenters. The number of thiol groups is 2. The highest BCUT2D eigenvalue weighted by atomic mass is 32.1. The molecule has 220 valence electrons. The molecule has 0 N–H and O–H groups in total. The molecular formula is C28H38N2O8S2. The van der Waals surface area contributed by atoms with Gasteiger partial charge in [0.05, 0.1) is 52.9 Å². The van der Waals surface area contributed by atoms with Crippen LogP contribution in [0.1, 0.15) is 0 Å². The predicted octanol–water partition coefficient (Wildman–Crippen LogP) is 2.46. The minimum atomic E-state index is -0.169. The van der Waals surface area contributed by atoms with Crippen LogP contribution in [0.2, 0.25) is 0 Å². The first kappa shape index (κ1) is 32.0. The topological polar surface area (TPSA) is 96.0 Å². The molecule has 40 heavy (non-hydrogen) atoms. The molecule has 1 aliphatic rings. The van der Waals surface area contributed by atoms with Crippen LogP contribution in [0.15, 0.2) is 58.3 Å². The summed E-state index contributed by atoms with van der Waals surface area (Å²) in [5.41, 5.74) is 0. The summed E-state index contributed by atoms with van der Waals surface area (Å²) >= 11 is 8.71. The molecule has 0 saturated carbocycles. The Morgan fingerprint density at radius 2 is 0.900 bits per heavy atom. The van der Waals surface area contributed by atoms with Crippen molar-refractivity contribution in [2.45, 2.75) is 9.79 Å². The number of hydrogen-bond donors (Lipinski definition) is 2. The lowest BCUT2D eigenvalue weighted by molar-refractivity contribution is -0.136. The van der Waals surface area contributed by atoms with Crippen LogP contribution in [0.25, 0.3) is 0 Å². The van der Waals surface area contributed by atoms with E-state index in [9.17, 15) is 9.59 Å². The fraction of sp³-hybridized carbons (Fsp3) is 0.500. The Bertz CT molecular complexity index is 943. The van der Waals surface area contributed by atoms with Crippen molar-refractivity contribution >= 4 is 37.1 Å². The Morgan fingerprint density at radius 3 is 1.23 bits per heavy atom. The summed E-state index contributed by atoms with van der Waals surface area (Å²) in [6.45, 7) is 4.17. The first-order chi connectivity index (χ1) is 19.5. The summed E-state index contributed by atoms with van der Waals surface area (Å²) in [6.07, 6.45) is 0. The second-order valence-corrected chi connectivity index (χ2v) is 9.69. The Labute approximate surface area is 246 Å². The molecule has 0 aliphatic carbocycles. The predicted molar refractivity (Wildman–Crippen MR) is 155 cm³/mol. The van der Waals surface area contributed by atoms with E-state index in [4.69, 9.17) is 28.4 Å². The lowest BCUT2D eigenvalue weighted by Crippen LogP contribution is -2.40. The zero-order valence-electron chi connectivity index (χ0n) is 22.6. The smallest absolute Gasteiger partial charge is 0.260 e. The lowest BCUT2D eigenvalue weighted by Gasteiger charge is -2.24. The monoisotopic (exact) mass is 594 g/mol. The fourth-order valence-corrected chi connectivity index (χ4v) is 4.14. The zero-order chi connectivity index (χ0) is 28.4. The van der Waals surface area contributed by atoms with Gasteiger partial charge in [0.15, 0.2) is 13.2 Å². The van der Waals surface area contributed by atoms with Gasteiger partial charge in [-0.3, -0.25) is 9.59 Å². The SMILES string of the molecule is O=C(COc1ccccc1S)N1CCOCCOCCN(C(=O)COc2ccccc2S)CCOCCOCC1. The van der Waals surface area contributed by atoms with E-state index < -0.39 is 0 Å². The minimum Gasteiger partial charge on any atom is -0.483 e. The third kappa shape index (κ3) is 11.9. The van der Waals surface area contributed by atoms with Gasteiger partial charge in [-0.1, -0.05) is 24.3 Å². The molecule has 0 unspecified atom stereocenters. The second-order valence-electron chi connectivity index (χ2n) is 8.72. The van der Waals surface area contributed by atoms with Crippen LogP contribution in [0.4, 0.5) is 0 Å². The van der Waals surface area contributed by atoms with Crippen LogP contribution >= 0.6 is 25.3 Å². The third-order valence-corrected chi connectivity index (χ3v) is 6.64. The molecule has 2 aromatic carbocycles. The molecule has 0 aromatic heterocycles. The van der Waals surface area contributed by atoms with Crippen molar-refractivity contribution < 1.29 is 38.0 Å². The van der Waals surface area contributed by atoms with Crippen LogP contribution in [0.5, 0.6) is 11.5 Å². The van der Waals surface area contributed by atoms with Gasteiger partial charge < -0.3 is 38.2 Å². The van der Waals surface area contributed by atoms with E-state index in [-0.39, 0.29) is 25.0 Å². The van der Waals surface area contributed by atoms with Crippen molar-refractivity contribution in [2.75, 3.05) is 92.2 Å². The van der Waals surface area contributed by atoms with Gasteiger partial charge in [-0.15, -0.1) is 25.3 Å². The molecule has 1 saturated heterocycles. The minimum absolute atomic E-state index is 0.106. The Hall–Kier alpha value is -2.48. The van der Waals surface area contributed by atoms with Crippen molar-refractivity contribution in [1.29, 1.82) is 0 Å². The molecule has 1 heterocycles. The molecule has 10 nitrogen and oxygen atoms in total. The molecule has 2 amide bonds. The number of carbonyl (C=O) groups is 2. The van der Waals surface area contributed by atoms with E-state index in [1.807, 2.05) is 24.3 Å². The molecule has 0 spiro atoms. The molecule has 0 bridgehead atoms. The Balaban J connectivity index is 1.43. The van der Waals surface area contributed by atoms with Crippen molar-refractivity contribution in [3.8, 4) is 11.5 Å². The summed E-state index contributed by atoms with van der Waals surface area (Å²) in [4.78, 5) is 30.3. The molecule has 12 heteroatoms. The van der Waals surface area contributed by atoms with Gasteiger partial charge in [0.1, 0.15) is 11.5 Å². The van der Waals surface area contributed by atoms with Crippen molar-refractivity contribution in [2.24, 2.45) is 0 Å². The largest absolute Gasteiger partial charge is 0.483 e. The highest BCUT2D eigenvalue weighted by Gasteiger charge is 2.17. The van der Waals surface area contributed by atoms with Crippen LogP contribution in [0, 0.1) is 0 Å². The summed E-state index contributed by atoms with van der Waals surface area (Å²) in [5.74, 6) is 0.769. The molecule has 0 radical (unpaired) electrons. The van der Waals surface area contributed by atoms with Gasteiger partial charge in [-0.2, -0.15) is 0 Å². The van der Waals surface area contributed by atoms with Crippen molar-refractivity contribution in [1.82, 2.24) is 9.80 Å². The van der Waals surface area contributed by atoms with E-state index in [1.54, 1.807) is 34.1 Å². The second kappa shape index (κ2) is 18.8. The maximum absolute atomic E-state index is 12.8. The van der Waals surface area contributed by atoms with Crippen LogP contribution < -0.4 is 9.47 Å². The van der Waals surface area contributed by atoms with E-state index in [1.165, 1.54) is 0 Å². The number of nitrogens with zero attached hydrogens (tertiary/aromatic N) is 2. The zero-order valence-corrected chi connectivity index (χ0v) is 24.4. The highest BCUT2D eigenvalue weighted by molar-refractivity contribution is 7.80. The summed E-state index contributed by atoms with van der Waals surface area (Å²) < 4.78 is 34.0. The first-order valence-electron chi connectivity index (χ1n) is 13.2.